The molecule has 122 valence electrons. The normalized spacial score (nSPS) is 10.3. The standard InChI is InChI=1S/C17H17Cl2NO2S/c18-13-5-7-14(8-6-13)23-12-9-17(21)20-10-11-22-16-4-2-1-3-15(16)19/h1-8H,9-12H2,(H,20,21). The van der Waals surface area contributed by atoms with Gasteiger partial charge in [0, 0.05) is 22.1 Å². The van der Waals surface area contributed by atoms with Gasteiger partial charge in [0.2, 0.25) is 5.91 Å². The van der Waals surface area contributed by atoms with Crippen LogP contribution in [-0.4, -0.2) is 24.8 Å². The van der Waals surface area contributed by atoms with Crippen LogP contribution in [0.25, 0.3) is 0 Å². The Morgan fingerprint density at radius 1 is 1.09 bits per heavy atom. The van der Waals surface area contributed by atoms with Gasteiger partial charge in [-0.05, 0) is 36.4 Å². The molecule has 0 aromatic heterocycles. The average Bonchev–Trinajstić information content (AvgIpc) is 2.55. The molecule has 3 nitrogen and oxygen atoms in total. The van der Waals surface area contributed by atoms with Crippen molar-refractivity contribution in [3.63, 3.8) is 0 Å². The van der Waals surface area contributed by atoms with Crippen molar-refractivity contribution in [2.75, 3.05) is 18.9 Å². The van der Waals surface area contributed by atoms with E-state index in [4.69, 9.17) is 27.9 Å². The van der Waals surface area contributed by atoms with Crippen molar-refractivity contribution in [3.05, 3.63) is 58.6 Å². The van der Waals surface area contributed by atoms with E-state index in [1.165, 1.54) is 0 Å². The summed E-state index contributed by atoms with van der Waals surface area (Å²) in [7, 11) is 0. The number of thioether (sulfide) groups is 1. The molecule has 0 unspecified atom stereocenters. The Bertz CT molecular complexity index is 635. The zero-order valence-corrected chi connectivity index (χ0v) is 14.8. The van der Waals surface area contributed by atoms with Gasteiger partial charge in [0.1, 0.15) is 12.4 Å². The fourth-order valence-corrected chi connectivity index (χ4v) is 2.96. The summed E-state index contributed by atoms with van der Waals surface area (Å²) in [6.45, 7) is 0.843. The minimum absolute atomic E-state index is 0.00854. The topological polar surface area (TPSA) is 38.3 Å². The van der Waals surface area contributed by atoms with Gasteiger partial charge in [0.25, 0.3) is 0 Å². The number of rotatable bonds is 8. The quantitative estimate of drug-likeness (QED) is 0.542. The van der Waals surface area contributed by atoms with Crippen molar-refractivity contribution in [1.82, 2.24) is 5.32 Å². The first-order valence-corrected chi connectivity index (χ1v) is 8.92. The maximum absolute atomic E-state index is 11.7. The molecule has 2 rings (SSSR count). The van der Waals surface area contributed by atoms with Crippen LogP contribution in [0.4, 0.5) is 0 Å². The minimum atomic E-state index is 0.00854. The van der Waals surface area contributed by atoms with Crippen LogP contribution in [0, 0.1) is 0 Å². The molecular formula is C17H17Cl2NO2S. The smallest absolute Gasteiger partial charge is 0.220 e. The predicted octanol–water partition coefficient (Wildman–Crippen LogP) is 4.67. The second kappa shape index (κ2) is 9.71. The van der Waals surface area contributed by atoms with Gasteiger partial charge < -0.3 is 10.1 Å². The monoisotopic (exact) mass is 369 g/mol. The van der Waals surface area contributed by atoms with Crippen LogP contribution in [0.5, 0.6) is 5.75 Å². The Kier molecular flexibility index (Phi) is 7.59. The molecule has 2 aromatic carbocycles. The van der Waals surface area contributed by atoms with Gasteiger partial charge in [-0.2, -0.15) is 0 Å². The second-order valence-corrected chi connectivity index (χ2v) is 6.69. The van der Waals surface area contributed by atoms with E-state index < -0.39 is 0 Å². The SMILES string of the molecule is O=C(CCSc1ccc(Cl)cc1)NCCOc1ccccc1Cl. The number of carbonyl (C=O) groups is 1. The van der Waals surface area contributed by atoms with Gasteiger partial charge in [0.05, 0.1) is 11.6 Å². The number of carbonyl (C=O) groups excluding carboxylic acids is 1. The summed E-state index contributed by atoms with van der Waals surface area (Å²) >= 11 is 13.4. The molecule has 0 bridgehead atoms. The van der Waals surface area contributed by atoms with Gasteiger partial charge in [-0.1, -0.05) is 35.3 Å². The summed E-state index contributed by atoms with van der Waals surface area (Å²) in [5, 5.41) is 4.11. The van der Waals surface area contributed by atoms with E-state index in [9.17, 15) is 4.79 Å². The number of amides is 1. The Morgan fingerprint density at radius 3 is 2.57 bits per heavy atom. The lowest BCUT2D eigenvalue weighted by atomic mass is 10.3. The number of hydrogen-bond donors (Lipinski definition) is 1. The van der Waals surface area contributed by atoms with Crippen molar-refractivity contribution in [2.45, 2.75) is 11.3 Å². The first-order valence-electron chi connectivity index (χ1n) is 7.17. The van der Waals surface area contributed by atoms with Crippen molar-refractivity contribution in [3.8, 4) is 5.75 Å². The third-order valence-corrected chi connectivity index (χ3v) is 4.51. The van der Waals surface area contributed by atoms with Crippen LogP contribution in [0.3, 0.4) is 0 Å². The Labute approximate surface area is 150 Å². The van der Waals surface area contributed by atoms with Gasteiger partial charge in [0.15, 0.2) is 0 Å². The highest BCUT2D eigenvalue weighted by molar-refractivity contribution is 7.99. The third kappa shape index (κ3) is 6.73. The lowest BCUT2D eigenvalue weighted by molar-refractivity contribution is -0.120. The molecule has 0 spiro atoms. The molecule has 0 atom stereocenters. The summed E-state index contributed by atoms with van der Waals surface area (Å²) in [5.74, 6) is 1.36. The summed E-state index contributed by atoms with van der Waals surface area (Å²) in [6, 6.07) is 14.8. The fraction of sp³-hybridized carbons (Fsp3) is 0.235. The zero-order valence-electron chi connectivity index (χ0n) is 12.4. The predicted molar refractivity (Wildman–Crippen MR) is 96.7 cm³/mol. The maximum atomic E-state index is 11.7. The lowest BCUT2D eigenvalue weighted by Crippen LogP contribution is -2.28. The molecule has 1 amide bonds. The number of para-hydroxylation sites is 1. The average molecular weight is 370 g/mol. The summed E-state index contributed by atoms with van der Waals surface area (Å²) in [6.07, 6.45) is 0.458. The maximum Gasteiger partial charge on any atom is 0.220 e. The second-order valence-electron chi connectivity index (χ2n) is 4.68. The van der Waals surface area contributed by atoms with Crippen LogP contribution in [0.15, 0.2) is 53.4 Å². The summed E-state index contributed by atoms with van der Waals surface area (Å²) < 4.78 is 5.51. The highest BCUT2D eigenvalue weighted by Gasteiger charge is 2.03. The summed E-state index contributed by atoms with van der Waals surface area (Å²) in [4.78, 5) is 12.8. The van der Waals surface area contributed by atoms with Gasteiger partial charge >= 0.3 is 0 Å². The Balaban J connectivity index is 1.58. The Morgan fingerprint density at radius 2 is 1.83 bits per heavy atom. The van der Waals surface area contributed by atoms with Crippen molar-refractivity contribution in [2.24, 2.45) is 0 Å². The number of nitrogens with one attached hydrogen (secondary N) is 1. The molecule has 0 saturated heterocycles. The molecule has 2 aromatic rings. The first-order chi connectivity index (χ1) is 11.1. The molecule has 0 fully saturated rings. The number of benzene rings is 2. The molecule has 1 N–H and O–H groups in total. The zero-order chi connectivity index (χ0) is 16.5. The van der Waals surface area contributed by atoms with Gasteiger partial charge in [-0.15, -0.1) is 11.8 Å². The molecule has 6 heteroatoms. The number of halogens is 2. The van der Waals surface area contributed by atoms with Crippen LogP contribution < -0.4 is 10.1 Å². The van der Waals surface area contributed by atoms with Crippen molar-refractivity contribution < 1.29 is 9.53 Å². The molecular weight excluding hydrogens is 353 g/mol. The largest absolute Gasteiger partial charge is 0.490 e. The molecule has 0 aliphatic rings. The van der Waals surface area contributed by atoms with Crippen molar-refractivity contribution in [1.29, 1.82) is 0 Å². The van der Waals surface area contributed by atoms with Crippen LogP contribution in [-0.2, 0) is 4.79 Å². The van der Waals surface area contributed by atoms with Crippen LogP contribution in [0.1, 0.15) is 6.42 Å². The van der Waals surface area contributed by atoms with Crippen LogP contribution in [0.2, 0.25) is 10.0 Å². The van der Waals surface area contributed by atoms with E-state index in [1.54, 1.807) is 23.9 Å². The first kappa shape index (κ1) is 18.0. The Hall–Kier alpha value is -1.36. The molecule has 0 radical (unpaired) electrons. The molecule has 0 aliphatic heterocycles. The third-order valence-electron chi connectivity index (χ3n) is 2.93. The molecule has 23 heavy (non-hydrogen) atoms. The minimum Gasteiger partial charge on any atom is -0.490 e. The van der Waals surface area contributed by atoms with E-state index in [1.807, 2.05) is 36.4 Å². The molecule has 0 saturated carbocycles. The highest BCUT2D eigenvalue weighted by atomic mass is 35.5. The van der Waals surface area contributed by atoms with E-state index in [2.05, 4.69) is 5.32 Å². The van der Waals surface area contributed by atoms with E-state index in [-0.39, 0.29) is 5.91 Å². The van der Waals surface area contributed by atoms with Crippen molar-refractivity contribution >= 4 is 40.9 Å². The number of ether oxygens (including phenoxy) is 1. The summed E-state index contributed by atoms with van der Waals surface area (Å²) in [5.41, 5.74) is 0. The van der Waals surface area contributed by atoms with Gasteiger partial charge in [-0.25, -0.2) is 0 Å². The number of hydrogen-bond acceptors (Lipinski definition) is 3. The van der Waals surface area contributed by atoms with Crippen LogP contribution >= 0.6 is 35.0 Å². The van der Waals surface area contributed by atoms with E-state index in [0.717, 1.165) is 10.6 Å². The van der Waals surface area contributed by atoms with E-state index in [0.29, 0.717) is 35.4 Å². The fourth-order valence-electron chi connectivity index (χ4n) is 1.79. The highest BCUT2D eigenvalue weighted by Crippen LogP contribution is 2.23. The molecule has 0 heterocycles. The van der Waals surface area contributed by atoms with E-state index >= 15 is 0 Å². The lowest BCUT2D eigenvalue weighted by Gasteiger charge is -2.09. The van der Waals surface area contributed by atoms with Gasteiger partial charge in [-0.3, -0.25) is 4.79 Å². The molecule has 0 aliphatic carbocycles.